The minimum Gasteiger partial charge on any atom is -0.394 e. The predicted molar refractivity (Wildman–Crippen MR) is 75.2 cm³/mol. The van der Waals surface area contributed by atoms with Gasteiger partial charge in [-0.3, -0.25) is 0 Å². The van der Waals surface area contributed by atoms with Crippen LogP contribution < -0.4 is 0 Å². The zero-order valence-corrected chi connectivity index (χ0v) is 15.5. The largest absolute Gasteiger partial charge is 0.394 e. The molecule has 4 atom stereocenters. The van der Waals surface area contributed by atoms with E-state index in [9.17, 15) is 10.2 Å². The molecule has 0 heterocycles. The Labute approximate surface area is 101 Å². The molecule has 86 valence electrons. The molecule has 2 nitrogen and oxygen atoms in total. The summed E-state index contributed by atoms with van der Waals surface area (Å²) in [5.74, 6) is 0. The second kappa shape index (κ2) is 5.40. The Kier molecular flexibility index (Phi) is 5.81. The van der Waals surface area contributed by atoms with E-state index < -0.39 is 10.4 Å². The monoisotopic (exact) mass is 270 g/mol. The maximum atomic E-state index is 9.78. The Morgan fingerprint density at radius 1 is 0.929 bits per heavy atom. The normalized spacial score (nSPS) is 25.3. The first kappa shape index (κ1) is 15.1. The minimum atomic E-state index is -0.519. The lowest BCUT2D eigenvalue weighted by Gasteiger charge is -2.29. The van der Waals surface area contributed by atoms with Gasteiger partial charge in [-0.15, -0.1) is 0 Å². The first-order valence-electron chi connectivity index (χ1n) is 4.82. The molecule has 2 N–H and O–H groups in total. The van der Waals surface area contributed by atoms with Crippen molar-refractivity contribution < 1.29 is 10.2 Å². The second-order valence-electron chi connectivity index (χ2n) is 4.78. The van der Waals surface area contributed by atoms with Crippen molar-refractivity contribution in [1.29, 1.82) is 0 Å². The maximum Gasteiger partial charge on any atom is 0.0545 e. The Hall–Kier alpha value is 1.05. The van der Waals surface area contributed by atoms with Crippen molar-refractivity contribution in [3.05, 3.63) is 0 Å². The first-order valence-corrected chi connectivity index (χ1v) is 9.09. The standard InChI is InChI=1S/C8H22O2S2Si2/c1-5(7(3,9)13)11-12-6(2)8(4,10)14/h5-6,9-10H,1-4,13-14H3. The molecule has 6 heteroatoms. The van der Waals surface area contributed by atoms with Crippen LogP contribution in [0.2, 0.25) is 0 Å². The highest BCUT2D eigenvalue weighted by Crippen LogP contribution is 2.37. The highest BCUT2D eigenvalue weighted by molar-refractivity contribution is 8.77. The van der Waals surface area contributed by atoms with Gasteiger partial charge in [-0.1, -0.05) is 35.4 Å². The number of rotatable bonds is 5. The lowest BCUT2D eigenvalue weighted by Crippen LogP contribution is -2.37. The molecule has 0 saturated carbocycles. The van der Waals surface area contributed by atoms with Gasteiger partial charge in [0.05, 0.1) is 10.4 Å². The first-order chi connectivity index (χ1) is 6.05. The van der Waals surface area contributed by atoms with Crippen LogP contribution >= 0.6 is 21.6 Å². The molecule has 4 unspecified atom stereocenters. The molecule has 14 heavy (non-hydrogen) atoms. The third-order valence-corrected chi connectivity index (χ3v) is 8.81. The van der Waals surface area contributed by atoms with E-state index in [-0.39, 0.29) is 10.5 Å². The van der Waals surface area contributed by atoms with Crippen molar-refractivity contribution in [3.8, 4) is 0 Å². The molecular formula is C8H22O2S2Si2. The molecule has 0 fully saturated rings. The fraction of sp³-hybridized carbons (Fsp3) is 1.00. The van der Waals surface area contributed by atoms with E-state index in [1.54, 1.807) is 21.6 Å². The molecule has 0 saturated heterocycles. The van der Waals surface area contributed by atoms with E-state index >= 15 is 0 Å². The second-order valence-corrected chi connectivity index (χ2v) is 11.8. The molecule has 0 aromatic carbocycles. The van der Waals surface area contributed by atoms with Crippen molar-refractivity contribution >= 4 is 42.1 Å². The van der Waals surface area contributed by atoms with Crippen LogP contribution in [0.5, 0.6) is 0 Å². The van der Waals surface area contributed by atoms with Gasteiger partial charge < -0.3 is 10.2 Å². The van der Waals surface area contributed by atoms with E-state index in [0.717, 1.165) is 20.5 Å². The average Bonchev–Trinajstić information content (AvgIpc) is 1.95. The van der Waals surface area contributed by atoms with Crippen molar-refractivity contribution in [2.24, 2.45) is 0 Å². The van der Waals surface area contributed by atoms with Crippen LogP contribution in [0.15, 0.2) is 0 Å². The summed E-state index contributed by atoms with van der Waals surface area (Å²) >= 11 is 0. The number of hydrogen-bond acceptors (Lipinski definition) is 4. The highest BCUT2D eigenvalue weighted by Gasteiger charge is 2.27. The molecule has 0 spiro atoms. The molecule has 0 aromatic rings. The fourth-order valence-corrected chi connectivity index (χ4v) is 5.35. The maximum absolute atomic E-state index is 9.78. The van der Waals surface area contributed by atoms with Crippen molar-refractivity contribution in [2.45, 2.75) is 48.6 Å². The summed E-state index contributed by atoms with van der Waals surface area (Å²) in [4.78, 5) is 0. The predicted octanol–water partition coefficient (Wildman–Crippen LogP) is -0.707. The Bertz CT molecular complexity index is 157. The van der Waals surface area contributed by atoms with Gasteiger partial charge in [0.15, 0.2) is 0 Å². The molecule has 0 bridgehead atoms. The van der Waals surface area contributed by atoms with Gasteiger partial charge in [-0.05, 0) is 13.8 Å². The van der Waals surface area contributed by atoms with Gasteiger partial charge in [0.1, 0.15) is 0 Å². The van der Waals surface area contributed by atoms with E-state index in [1.165, 1.54) is 0 Å². The number of hydrogen-bond donors (Lipinski definition) is 2. The number of aliphatic hydroxyl groups is 2. The lowest BCUT2D eigenvalue weighted by molar-refractivity contribution is 0.149. The third-order valence-electron chi connectivity index (χ3n) is 2.33. The summed E-state index contributed by atoms with van der Waals surface area (Å²) < 4.78 is 0. The van der Waals surface area contributed by atoms with E-state index in [0.29, 0.717) is 0 Å². The fourth-order valence-electron chi connectivity index (χ4n) is 0.402. The third kappa shape index (κ3) is 5.82. The smallest absolute Gasteiger partial charge is 0.0545 e. The summed E-state index contributed by atoms with van der Waals surface area (Å²) in [6, 6.07) is 0. The molecule has 0 aliphatic rings. The van der Waals surface area contributed by atoms with E-state index in [4.69, 9.17) is 0 Å². The summed E-state index contributed by atoms with van der Waals surface area (Å²) in [6.45, 7) is 7.83. The van der Waals surface area contributed by atoms with Gasteiger partial charge in [0, 0.05) is 31.0 Å². The van der Waals surface area contributed by atoms with Crippen molar-refractivity contribution in [2.75, 3.05) is 0 Å². The van der Waals surface area contributed by atoms with Crippen LogP contribution in [0.4, 0.5) is 0 Å². The molecule has 0 aliphatic heterocycles. The molecular weight excluding hydrogens is 248 g/mol. The van der Waals surface area contributed by atoms with Gasteiger partial charge in [-0.2, -0.15) is 0 Å². The van der Waals surface area contributed by atoms with Crippen LogP contribution in [0.1, 0.15) is 27.7 Å². The van der Waals surface area contributed by atoms with Crippen LogP contribution in [0.3, 0.4) is 0 Å². The Morgan fingerprint density at radius 3 is 1.29 bits per heavy atom. The van der Waals surface area contributed by atoms with Crippen LogP contribution in [-0.4, -0.2) is 51.6 Å². The topological polar surface area (TPSA) is 40.5 Å². The molecule has 0 aromatic heterocycles. The zero-order chi connectivity index (χ0) is 11.6. The van der Waals surface area contributed by atoms with E-state index in [1.807, 2.05) is 27.7 Å². The van der Waals surface area contributed by atoms with Crippen molar-refractivity contribution in [1.82, 2.24) is 0 Å². The highest BCUT2D eigenvalue weighted by atomic mass is 33.1. The summed E-state index contributed by atoms with van der Waals surface area (Å²) in [7, 11) is 4.92. The molecule has 0 amide bonds. The SMILES string of the molecule is CC(SSC(C)C(C)(O)[SiH3])C(C)(O)[SiH3]. The van der Waals surface area contributed by atoms with E-state index in [2.05, 4.69) is 0 Å². The summed E-state index contributed by atoms with van der Waals surface area (Å²) in [6.07, 6.45) is 0. The lowest BCUT2D eigenvalue weighted by atomic mass is 10.3. The van der Waals surface area contributed by atoms with Gasteiger partial charge in [0.25, 0.3) is 0 Å². The van der Waals surface area contributed by atoms with Crippen molar-refractivity contribution in [3.63, 3.8) is 0 Å². The molecule has 0 radical (unpaired) electrons. The Balaban J connectivity index is 3.96. The summed E-state index contributed by atoms with van der Waals surface area (Å²) in [5.41, 5.74) is 0. The van der Waals surface area contributed by atoms with Gasteiger partial charge in [0.2, 0.25) is 0 Å². The van der Waals surface area contributed by atoms with Gasteiger partial charge in [-0.25, -0.2) is 0 Å². The summed E-state index contributed by atoms with van der Waals surface area (Å²) in [5, 5.41) is 19.0. The molecule has 0 aliphatic carbocycles. The quantitative estimate of drug-likeness (QED) is 0.512. The van der Waals surface area contributed by atoms with Crippen LogP contribution in [0.25, 0.3) is 0 Å². The average molecular weight is 271 g/mol. The van der Waals surface area contributed by atoms with Gasteiger partial charge >= 0.3 is 0 Å². The Morgan fingerprint density at radius 2 is 1.14 bits per heavy atom. The van der Waals surface area contributed by atoms with Crippen LogP contribution in [-0.2, 0) is 0 Å². The van der Waals surface area contributed by atoms with Crippen LogP contribution in [0, 0.1) is 0 Å². The zero-order valence-electron chi connectivity index (χ0n) is 9.87. The molecule has 0 rings (SSSR count). The minimum absolute atomic E-state index is 0.227.